The first-order chi connectivity index (χ1) is 12.0. The van der Waals surface area contributed by atoms with E-state index < -0.39 is 9.85 Å². The molecule has 0 spiro atoms. The van der Waals surface area contributed by atoms with Crippen LogP contribution in [-0.2, 0) is 0 Å². The van der Waals surface area contributed by atoms with Crippen LogP contribution in [0.2, 0.25) is 0 Å². The molecule has 0 aliphatic carbocycles. The number of non-ortho nitro benzene ring substituents is 1. The molecule has 8 nitrogen and oxygen atoms in total. The van der Waals surface area contributed by atoms with Crippen LogP contribution in [0.25, 0.3) is 0 Å². The number of anilines is 1. The van der Waals surface area contributed by atoms with E-state index >= 15 is 0 Å². The monoisotopic (exact) mass is 350 g/mol. The first-order valence-electron chi connectivity index (χ1n) is 8.67. The summed E-state index contributed by atoms with van der Waals surface area (Å²) in [6.07, 6.45) is 9.30. The van der Waals surface area contributed by atoms with E-state index in [-0.39, 0.29) is 17.1 Å². The first kappa shape index (κ1) is 20.5. The highest BCUT2D eigenvalue weighted by Gasteiger charge is 2.19. The van der Waals surface area contributed by atoms with Crippen LogP contribution in [0.3, 0.4) is 0 Å². The third kappa shape index (κ3) is 7.73. The van der Waals surface area contributed by atoms with Gasteiger partial charge in [-0.1, -0.05) is 45.4 Å². The van der Waals surface area contributed by atoms with E-state index in [9.17, 15) is 20.2 Å². The number of nitro benzene ring substituents is 2. The minimum absolute atomic E-state index is 0.148. The fourth-order valence-corrected chi connectivity index (χ4v) is 2.43. The maximum Gasteiger partial charge on any atom is 0.301 e. The van der Waals surface area contributed by atoms with Gasteiger partial charge in [0.05, 0.1) is 15.9 Å². The third-order valence-electron chi connectivity index (χ3n) is 3.90. The van der Waals surface area contributed by atoms with Gasteiger partial charge in [-0.15, -0.1) is 0 Å². The van der Waals surface area contributed by atoms with Crippen LogP contribution < -0.4 is 5.43 Å². The Hall–Kier alpha value is -2.51. The zero-order chi connectivity index (χ0) is 18.7. The van der Waals surface area contributed by atoms with Gasteiger partial charge in [0, 0.05) is 11.8 Å². The number of nitrogens with zero attached hydrogens (tertiary/aromatic N) is 3. The molecule has 0 atom stereocenters. The van der Waals surface area contributed by atoms with Crippen molar-refractivity contribution in [2.75, 3.05) is 5.43 Å². The summed E-state index contributed by atoms with van der Waals surface area (Å²) in [6, 6.07) is 3.46. The molecule has 0 bridgehead atoms. The van der Waals surface area contributed by atoms with E-state index in [1.807, 2.05) is 6.92 Å². The van der Waals surface area contributed by atoms with E-state index in [2.05, 4.69) is 17.5 Å². The Morgan fingerprint density at radius 2 is 1.68 bits per heavy atom. The van der Waals surface area contributed by atoms with E-state index in [1.165, 1.54) is 44.2 Å². The minimum Gasteiger partial charge on any atom is -0.272 e. The van der Waals surface area contributed by atoms with Gasteiger partial charge in [0.25, 0.3) is 5.69 Å². The van der Waals surface area contributed by atoms with Crippen LogP contribution >= 0.6 is 0 Å². The lowest BCUT2D eigenvalue weighted by molar-refractivity contribution is -0.393. The molecule has 138 valence electrons. The van der Waals surface area contributed by atoms with Crippen LogP contribution in [0.5, 0.6) is 0 Å². The van der Waals surface area contributed by atoms with Crippen LogP contribution in [0, 0.1) is 20.2 Å². The zero-order valence-corrected chi connectivity index (χ0v) is 14.9. The third-order valence-corrected chi connectivity index (χ3v) is 3.90. The lowest BCUT2D eigenvalue weighted by Crippen LogP contribution is -2.01. The van der Waals surface area contributed by atoms with E-state index in [0.29, 0.717) is 0 Å². The summed E-state index contributed by atoms with van der Waals surface area (Å²) in [5, 5.41) is 25.9. The van der Waals surface area contributed by atoms with Gasteiger partial charge < -0.3 is 0 Å². The van der Waals surface area contributed by atoms with E-state index in [0.717, 1.165) is 31.0 Å². The molecule has 25 heavy (non-hydrogen) atoms. The zero-order valence-electron chi connectivity index (χ0n) is 14.9. The minimum atomic E-state index is -0.661. The summed E-state index contributed by atoms with van der Waals surface area (Å²) in [4.78, 5) is 20.5. The molecule has 0 heterocycles. The first-order valence-corrected chi connectivity index (χ1v) is 8.67. The number of hydrogen-bond donors (Lipinski definition) is 1. The Morgan fingerprint density at radius 3 is 2.28 bits per heavy atom. The molecular weight excluding hydrogens is 324 g/mol. The lowest BCUT2D eigenvalue weighted by atomic mass is 10.1. The van der Waals surface area contributed by atoms with Gasteiger partial charge in [0.2, 0.25) is 0 Å². The summed E-state index contributed by atoms with van der Waals surface area (Å²) < 4.78 is 0. The Labute approximate surface area is 147 Å². The van der Waals surface area contributed by atoms with Gasteiger partial charge in [-0.25, -0.2) is 0 Å². The van der Waals surface area contributed by atoms with Crippen molar-refractivity contribution >= 4 is 22.8 Å². The van der Waals surface area contributed by atoms with Gasteiger partial charge in [-0.05, 0) is 25.8 Å². The average molecular weight is 350 g/mol. The fourth-order valence-electron chi connectivity index (χ4n) is 2.43. The second-order valence-electron chi connectivity index (χ2n) is 6.05. The van der Waals surface area contributed by atoms with Gasteiger partial charge in [0.1, 0.15) is 5.69 Å². The number of rotatable bonds is 12. The van der Waals surface area contributed by atoms with Gasteiger partial charge in [-0.3, -0.25) is 25.7 Å². The summed E-state index contributed by atoms with van der Waals surface area (Å²) >= 11 is 0. The molecule has 1 N–H and O–H groups in total. The van der Waals surface area contributed by atoms with Crippen molar-refractivity contribution in [3.63, 3.8) is 0 Å². The lowest BCUT2D eigenvalue weighted by Gasteiger charge is -2.05. The van der Waals surface area contributed by atoms with Gasteiger partial charge in [-0.2, -0.15) is 5.10 Å². The highest BCUT2D eigenvalue weighted by Crippen LogP contribution is 2.28. The highest BCUT2D eigenvalue weighted by molar-refractivity contribution is 5.83. The highest BCUT2D eigenvalue weighted by atomic mass is 16.6. The molecule has 1 rings (SSSR count). The molecule has 0 aliphatic heterocycles. The van der Waals surface area contributed by atoms with Crippen LogP contribution in [0.1, 0.15) is 65.2 Å². The molecule has 0 fully saturated rings. The largest absolute Gasteiger partial charge is 0.301 e. The molecule has 0 unspecified atom stereocenters. The molecule has 1 aromatic rings. The molecular formula is C17H26N4O4. The number of benzene rings is 1. The Balaban J connectivity index is 2.51. The molecule has 0 saturated heterocycles. The van der Waals surface area contributed by atoms with E-state index in [1.54, 1.807) is 0 Å². The van der Waals surface area contributed by atoms with Crippen LogP contribution in [0.4, 0.5) is 17.1 Å². The maximum atomic E-state index is 11.1. The van der Waals surface area contributed by atoms with Crippen molar-refractivity contribution in [2.45, 2.75) is 65.2 Å². The summed E-state index contributed by atoms with van der Waals surface area (Å²) in [7, 11) is 0. The van der Waals surface area contributed by atoms with Crippen molar-refractivity contribution < 1.29 is 9.85 Å². The smallest absolute Gasteiger partial charge is 0.272 e. The van der Waals surface area contributed by atoms with Crippen LogP contribution in [-0.4, -0.2) is 15.6 Å². The van der Waals surface area contributed by atoms with E-state index in [4.69, 9.17) is 0 Å². The normalized spacial score (nSPS) is 11.4. The number of nitro groups is 2. The van der Waals surface area contributed by atoms with Crippen molar-refractivity contribution in [2.24, 2.45) is 5.10 Å². The predicted octanol–water partition coefficient (Wildman–Crippen LogP) is 5.43. The number of hydrogen-bond acceptors (Lipinski definition) is 6. The molecule has 8 heteroatoms. The summed E-state index contributed by atoms with van der Waals surface area (Å²) in [6.45, 7) is 4.06. The van der Waals surface area contributed by atoms with Gasteiger partial charge >= 0.3 is 5.69 Å². The predicted molar refractivity (Wildman–Crippen MR) is 99.1 cm³/mol. The number of unbranched alkanes of at least 4 members (excludes halogenated alkanes) is 6. The second kappa shape index (κ2) is 11.1. The summed E-state index contributed by atoms with van der Waals surface area (Å²) in [5.41, 5.74) is 2.97. The standard InChI is InChI=1S/C17H26N4O4/c1-3-4-5-6-7-8-9-10-14(2)18-19-16-12-11-15(20(22)23)13-17(16)21(24)25/h11-13,19H,3-10H2,1-2H3/b18-14-. The molecule has 0 saturated carbocycles. The van der Waals surface area contributed by atoms with Crippen molar-refractivity contribution in [1.29, 1.82) is 0 Å². The number of nitrogens with one attached hydrogen (secondary N) is 1. The van der Waals surface area contributed by atoms with Gasteiger partial charge in [0.15, 0.2) is 0 Å². The topological polar surface area (TPSA) is 111 Å². The molecule has 1 aromatic carbocycles. The number of hydrazone groups is 1. The molecule has 0 aromatic heterocycles. The molecule has 0 amide bonds. The maximum absolute atomic E-state index is 11.1. The fraction of sp³-hybridized carbons (Fsp3) is 0.588. The molecule has 0 aliphatic rings. The molecule has 0 radical (unpaired) electrons. The Bertz CT molecular complexity index is 617. The van der Waals surface area contributed by atoms with Crippen molar-refractivity contribution in [1.82, 2.24) is 0 Å². The summed E-state index contributed by atoms with van der Waals surface area (Å²) in [5.74, 6) is 0. The Kier molecular flexibility index (Phi) is 9.13. The van der Waals surface area contributed by atoms with Crippen molar-refractivity contribution in [3.05, 3.63) is 38.4 Å². The SMILES string of the molecule is CCCCCCCCC/C(C)=N\Nc1ccc([N+](=O)[O-])cc1[N+](=O)[O-]. The second-order valence-corrected chi connectivity index (χ2v) is 6.05. The van der Waals surface area contributed by atoms with Crippen molar-refractivity contribution in [3.8, 4) is 0 Å². The average Bonchev–Trinajstić information content (AvgIpc) is 2.58. The quantitative estimate of drug-likeness (QED) is 0.234. The Morgan fingerprint density at radius 1 is 1.04 bits per heavy atom. The van der Waals surface area contributed by atoms with Crippen LogP contribution in [0.15, 0.2) is 23.3 Å².